The van der Waals surface area contributed by atoms with Gasteiger partial charge in [0.05, 0.1) is 18.8 Å². The summed E-state index contributed by atoms with van der Waals surface area (Å²) in [6, 6.07) is 0.745. The lowest BCUT2D eigenvalue weighted by atomic mass is 10.1. The van der Waals surface area contributed by atoms with E-state index in [9.17, 15) is 22.8 Å². The Morgan fingerprint density at radius 1 is 1.05 bits per heavy atom. The Bertz CT molecular complexity index is 582. The fraction of sp³-hybridized carbons (Fsp3) is 0.286. The van der Waals surface area contributed by atoms with Crippen molar-refractivity contribution in [3.8, 4) is 5.75 Å². The Morgan fingerprint density at radius 2 is 1.71 bits per heavy atom. The number of carbonyl (C=O) groups is 2. The van der Waals surface area contributed by atoms with Crippen molar-refractivity contribution in [3.63, 3.8) is 0 Å². The van der Waals surface area contributed by atoms with E-state index in [0.717, 1.165) is 12.1 Å². The number of ketones is 1. The summed E-state index contributed by atoms with van der Waals surface area (Å²) in [5, 5.41) is 0. The van der Waals surface area contributed by atoms with Gasteiger partial charge in [0.1, 0.15) is 0 Å². The summed E-state index contributed by atoms with van der Waals surface area (Å²) >= 11 is 0. The highest BCUT2D eigenvalue weighted by Gasteiger charge is 2.22. The van der Waals surface area contributed by atoms with Crippen LogP contribution in [0.1, 0.15) is 24.2 Å². The van der Waals surface area contributed by atoms with Gasteiger partial charge in [-0.1, -0.05) is 0 Å². The lowest BCUT2D eigenvalue weighted by Crippen LogP contribution is -2.08. The molecule has 0 radical (unpaired) electrons. The summed E-state index contributed by atoms with van der Waals surface area (Å²) < 4.78 is 49.6. The molecule has 0 unspecified atom stereocenters. The van der Waals surface area contributed by atoms with Gasteiger partial charge in [0, 0.05) is 6.08 Å². The molecule has 4 nitrogen and oxygen atoms in total. The molecule has 0 aliphatic carbocycles. The predicted octanol–water partition coefficient (Wildman–Crippen LogP) is 2.80. The number of rotatable bonds is 6. The molecule has 0 atom stereocenters. The molecule has 0 heterocycles. The Kier molecular flexibility index (Phi) is 5.95. The molecular formula is C14H13F3O4. The van der Waals surface area contributed by atoms with Crippen molar-refractivity contribution in [2.75, 3.05) is 13.2 Å². The van der Waals surface area contributed by atoms with E-state index in [-0.39, 0.29) is 13.2 Å². The number of carbonyl (C=O) groups excluding carboxylic acids is 2. The van der Waals surface area contributed by atoms with Crippen molar-refractivity contribution in [1.29, 1.82) is 0 Å². The van der Waals surface area contributed by atoms with Gasteiger partial charge in [-0.2, -0.15) is 4.39 Å². The maximum absolute atomic E-state index is 13.6. The first-order valence-electron chi connectivity index (χ1n) is 6.11. The lowest BCUT2D eigenvalue weighted by molar-refractivity contribution is -0.137. The normalized spacial score (nSPS) is 10.7. The van der Waals surface area contributed by atoms with Gasteiger partial charge in [0.25, 0.3) is 0 Å². The minimum atomic E-state index is -1.81. The molecule has 0 aliphatic rings. The number of ether oxygens (including phenoxy) is 2. The van der Waals surface area contributed by atoms with Crippen molar-refractivity contribution in [2.24, 2.45) is 0 Å². The predicted molar refractivity (Wildman–Crippen MR) is 67.6 cm³/mol. The van der Waals surface area contributed by atoms with Crippen LogP contribution in [-0.4, -0.2) is 25.0 Å². The molecular weight excluding hydrogens is 289 g/mol. The molecule has 1 aromatic rings. The van der Waals surface area contributed by atoms with E-state index in [1.54, 1.807) is 6.92 Å². The molecule has 21 heavy (non-hydrogen) atoms. The number of allylic oxidation sites excluding steroid dienone is 1. The van der Waals surface area contributed by atoms with Crippen molar-refractivity contribution in [3.05, 3.63) is 41.2 Å². The minimum absolute atomic E-state index is 0.00822. The van der Waals surface area contributed by atoms with Crippen LogP contribution in [0, 0.1) is 17.5 Å². The Hall–Kier alpha value is -2.31. The van der Waals surface area contributed by atoms with Gasteiger partial charge in [0.15, 0.2) is 23.2 Å². The Morgan fingerprint density at radius 3 is 2.29 bits per heavy atom. The number of benzene rings is 1. The second kappa shape index (κ2) is 7.47. The Balaban J connectivity index is 3.12. The molecule has 0 aromatic heterocycles. The third-order valence-corrected chi connectivity index (χ3v) is 2.34. The monoisotopic (exact) mass is 302 g/mol. The third-order valence-electron chi connectivity index (χ3n) is 2.34. The second-order valence-electron chi connectivity index (χ2n) is 3.75. The highest BCUT2D eigenvalue weighted by Crippen LogP contribution is 2.26. The van der Waals surface area contributed by atoms with E-state index in [0.29, 0.717) is 6.08 Å². The van der Waals surface area contributed by atoms with Gasteiger partial charge in [0.2, 0.25) is 5.82 Å². The van der Waals surface area contributed by atoms with Gasteiger partial charge in [-0.25, -0.2) is 13.6 Å². The zero-order valence-electron chi connectivity index (χ0n) is 11.4. The molecule has 0 amide bonds. The lowest BCUT2D eigenvalue weighted by Gasteiger charge is -2.08. The van der Waals surface area contributed by atoms with Crippen LogP contribution in [0.4, 0.5) is 13.2 Å². The molecule has 1 rings (SSSR count). The first kappa shape index (κ1) is 16.7. The first-order chi connectivity index (χ1) is 9.92. The molecule has 0 saturated heterocycles. The summed E-state index contributed by atoms with van der Waals surface area (Å²) in [5.74, 6) is -7.37. The van der Waals surface area contributed by atoms with Crippen LogP contribution in [-0.2, 0) is 9.53 Å². The highest BCUT2D eigenvalue weighted by molar-refractivity contribution is 6.07. The standard InChI is InChI=1S/C14H13F3O4/c1-3-20-10-7-8(12(15)14(17)13(10)16)9(18)5-6-11(19)21-4-2/h5-7H,3-4H2,1-2H3/b6-5+. The summed E-state index contributed by atoms with van der Waals surface area (Å²) in [7, 11) is 0. The van der Waals surface area contributed by atoms with Crippen molar-refractivity contribution >= 4 is 11.8 Å². The average molecular weight is 302 g/mol. The third kappa shape index (κ3) is 4.08. The zero-order chi connectivity index (χ0) is 16.0. The highest BCUT2D eigenvalue weighted by atomic mass is 19.2. The number of halogens is 3. The fourth-order valence-electron chi connectivity index (χ4n) is 1.44. The number of hydrogen-bond acceptors (Lipinski definition) is 4. The molecule has 0 spiro atoms. The van der Waals surface area contributed by atoms with Crippen LogP contribution < -0.4 is 4.74 Å². The van der Waals surface area contributed by atoms with Gasteiger partial charge in [-0.05, 0) is 26.0 Å². The molecule has 0 bridgehead atoms. The molecule has 114 valence electrons. The molecule has 0 N–H and O–H groups in total. The maximum Gasteiger partial charge on any atom is 0.330 e. The smallest absolute Gasteiger partial charge is 0.330 e. The fourth-order valence-corrected chi connectivity index (χ4v) is 1.44. The maximum atomic E-state index is 13.6. The van der Waals surface area contributed by atoms with Gasteiger partial charge in [-0.3, -0.25) is 4.79 Å². The van der Waals surface area contributed by atoms with Crippen LogP contribution in [0.3, 0.4) is 0 Å². The van der Waals surface area contributed by atoms with Crippen LogP contribution >= 0.6 is 0 Å². The van der Waals surface area contributed by atoms with Gasteiger partial charge >= 0.3 is 5.97 Å². The van der Waals surface area contributed by atoms with Crippen molar-refractivity contribution in [1.82, 2.24) is 0 Å². The molecule has 0 aliphatic heterocycles. The van der Waals surface area contributed by atoms with Crippen LogP contribution in [0.5, 0.6) is 5.75 Å². The number of esters is 1. The van der Waals surface area contributed by atoms with E-state index in [1.165, 1.54) is 6.92 Å². The summed E-state index contributed by atoms with van der Waals surface area (Å²) in [4.78, 5) is 22.8. The topological polar surface area (TPSA) is 52.6 Å². The zero-order valence-corrected chi connectivity index (χ0v) is 11.4. The second-order valence-corrected chi connectivity index (χ2v) is 3.75. The summed E-state index contributed by atoms with van der Waals surface area (Å²) in [6.45, 7) is 3.19. The quantitative estimate of drug-likeness (QED) is 0.351. The number of hydrogen-bond donors (Lipinski definition) is 0. The molecule has 1 aromatic carbocycles. The van der Waals surface area contributed by atoms with Crippen molar-refractivity contribution < 1.29 is 32.2 Å². The summed E-state index contributed by atoms with van der Waals surface area (Å²) in [5.41, 5.74) is -0.738. The largest absolute Gasteiger partial charge is 0.491 e. The molecule has 0 saturated carbocycles. The van der Waals surface area contributed by atoms with E-state index >= 15 is 0 Å². The molecule has 7 heteroatoms. The van der Waals surface area contributed by atoms with E-state index < -0.39 is 40.5 Å². The van der Waals surface area contributed by atoms with E-state index in [2.05, 4.69) is 4.74 Å². The minimum Gasteiger partial charge on any atom is -0.491 e. The van der Waals surface area contributed by atoms with Crippen LogP contribution in [0.15, 0.2) is 18.2 Å². The Labute approximate surface area is 119 Å². The molecule has 0 fully saturated rings. The van der Waals surface area contributed by atoms with E-state index in [4.69, 9.17) is 4.74 Å². The van der Waals surface area contributed by atoms with E-state index in [1.807, 2.05) is 0 Å². The average Bonchev–Trinajstić information content (AvgIpc) is 2.46. The van der Waals surface area contributed by atoms with Crippen molar-refractivity contribution in [2.45, 2.75) is 13.8 Å². The van der Waals surface area contributed by atoms with Crippen LogP contribution in [0.25, 0.3) is 0 Å². The van der Waals surface area contributed by atoms with Crippen LogP contribution in [0.2, 0.25) is 0 Å². The SMILES string of the molecule is CCOC(=O)/C=C/C(=O)c1cc(OCC)c(F)c(F)c1F. The summed E-state index contributed by atoms with van der Waals surface area (Å²) in [6.07, 6.45) is 1.48. The van der Waals surface area contributed by atoms with Gasteiger partial charge < -0.3 is 9.47 Å². The first-order valence-corrected chi connectivity index (χ1v) is 6.11. The van der Waals surface area contributed by atoms with Gasteiger partial charge in [-0.15, -0.1) is 0 Å².